The van der Waals surface area contributed by atoms with Crippen LogP contribution < -0.4 is 0 Å². The van der Waals surface area contributed by atoms with Gasteiger partial charge in [-0.05, 0) is 25.2 Å². The Morgan fingerprint density at radius 3 is 0.817 bits per heavy atom. The third-order valence-electron chi connectivity index (χ3n) is 12.3. The van der Waals surface area contributed by atoms with Crippen LogP contribution in [0.3, 0.4) is 0 Å². The van der Waals surface area contributed by atoms with E-state index in [1.54, 1.807) is 0 Å². The fourth-order valence-corrected chi connectivity index (χ4v) is 8.22. The summed E-state index contributed by atoms with van der Waals surface area (Å²) in [6.45, 7) is 8.97. The van der Waals surface area contributed by atoms with Gasteiger partial charge in [-0.3, -0.25) is 14.4 Å². The molecule has 0 aromatic carbocycles. The average molecular weight is 849 g/mol. The van der Waals surface area contributed by atoms with E-state index in [2.05, 4.69) is 27.7 Å². The van der Waals surface area contributed by atoms with Crippen LogP contribution in [0, 0.1) is 5.92 Å². The molecule has 0 N–H and O–H groups in total. The van der Waals surface area contributed by atoms with Crippen molar-refractivity contribution in [3.8, 4) is 0 Å². The molecule has 60 heavy (non-hydrogen) atoms. The van der Waals surface area contributed by atoms with E-state index >= 15 is 0 Å². The van der Waals surface area contributed by atoms with Crippen LogP contribution in [-0.4, -0.2) is 37.2 Å². The highest BCUT2D eigenvalue weighted by molar-refractivity contribution is 5.71. The van der Waals surface area contributed by atoms with Crippen molar-refractivity contribution in [1.29, 1.82) is 0 Å². The first-order chi connectivity index (χ1) is 29.4. The first kappa shape index (κ1) is 58.4. The van der Waals surface area contributed by atoms with E-state index in [9.17, 15) is 14.4 Å². The number of carbonyl (C=O) groups is 3. The predicted molar refractivity (Wildman–Crippen MR) is 257 cm³/mol. The topological polar surface area (TPSA) is 78.9 Å². The third kappa shape index (κ3) is 47.5. The summed E-state index contributed by atoms with van der Waals surface area (Å²) in [5.41, 5.74) is 0. The number of esters is 3. The molecule has 1 atom stereocenters. The normalized spacial score (nSPS) is 11.9. The molecule has 6 heteroatoms. The molecule has 0 heterocycles. The maximum atomic E-state index is 12.7. The molecule has 0 aromatic rings. The molecule has 0 aliphatic rings. The molecule has 0 aromatic heterocycles. The van der Waals surface area contributed by atoms with Crippen molar-refractivity contribution in [1.82, 2.24) is 0 Å². The molecule has 0 rings (SSSR count). The van der Waals surface area contributed by atoms with Crippen LogP contribution in [0.4, 0.5) is 0 Å². The highest BCUT2D eigenvalue weighted by atomic mass is 16.6. The summed E-state index contributed by atoms with van der Waals surface area (Å²) in [7, 11) is 0. The number of ether oxygens (including phenoxy) is 3. The summed E-state index contributed by atoms with van der Waals surface area (Å²) < 4.78 is 16.7. The first-order valence-electron chi connectivity index (χ1n) is 26.9. The quantitative estimate of drug-likeness (QED) is 0.0345. The summed E-state index contributed by atoms with van der Waals surface area (Å²) >= 11 is 0. The number of unbranched alkanes of at least 4 members (excludes halogenated alkanes) is 36. The zero-order valence-corrected chi connectivity index (χ0v) is 40.9. The van der Waals surface area contributed by atoms with Gasteiger partial charge in [-0.15, -0.1) is 0 Å². The standard InChI is InChI=1S/C54H104O6/c1-5-7-9-11-12-13-14-15-16-17-18-22-25-28-31-34-38-42-46-53(56)59-49-51(48-58-52(55)45-41-36-10-8-6-2)60-54(57)47-43-39-35-32-29-26-23-20-19-21-24-27-30-33-37-40-44-50(3)4/h50-51H,5-49H2,1-4H3/t51-/m1/s1. The fraction of sp³-hybridized carbons (Fsp3) is 0.944. The number of hydrogen-bond acceptors (Lipinski definition) is 6. The van der Waals surface area contributed by atoms with Crippen molar-refractivity contribution in [3.63, 3.8) is 0 Å². The fourth-order valence-electron chi connectivity index (χ4n) is 8.22. The Kier molecular flexibility index (Phi) is 47.2. The lowest BCUT2D eigenvalue weighted by molar-refractivity contribution is -0.167. The second kappa shape index (κ2) is 48.4. The van der Waals surface area contributed by atoms with Crippen LogP contribution in [0.1, 0.15) is 304 Å². The van der Waals surface area contributed by atoms with E-state index in [1.807, 2.05) is 0 Å². The van der Waals surface area contributed by atoms with Gasteiger partial charge in [0.25, 0.3) is 0 Å². The average Bonchev–Trinajstić information content (AvgIpc) is 3.23. The van der Waals surface area contributed by atoms with Crippen LogP contribution in [0.2, 0.25) is 0 Å². The molecule has 0 saturated carbocycles. The van der Waals surface area contributed by atoms with Crippen LogP contribution in [0.5, 0.6) is 0 Å². The summed E-state index contributed by atoms with van der Waals surface area (Å²) in [6.07, 6.45) is 51.3. The van der Waals surface area contributed by atoms with Crippen molar-refractivity contribution in [3.05, 3.63) is 0 Å². The Morgan fingerprint density at radius 1 is 0.317 bits per heavy atom. The van der Waals surface area contributed by atoms with Gasteiger partial charge in [0.1, 0.15) is 13.2 Å². The highest BCUT2D eigenvalue weighted by Gasteiger charge is 2.19. The molecule has 0 aliphatic carbocycles. The van der Waals surface area contributed by atoms with Crippen molar-refractivity contribution in [2.75, 3.05) is 13.2 Å². The van der Waals surface area contributed by atoms with E-state index < -0.39 is 6.10 Å². The van der Waals surface area contributed by atoms with Gasteiger partial charge in [-0.25, -0.2) is 0 Å². The maximum Gasteiger partial charge on any atom is 0.306 e. The monoisotopic (exact) mass is 849 g/mol. The molecule has 0 radical (unpaired) electrons. The molecular formula is C54H104O6. The summed E-state index contributed by atoms with van der Waals surface area (Å²) in [5, 5.41) is 0. The van der Waals surface area contributed by atoms with Crippen molar-refractivity contribution in [2.45, 2.75) is 310 Å². The van der Waals surface area contributed by atoms with Crippen LogP contribution in [-0.2, 0) is 28.6 Å². The lowest BCUT2D eigenvalue weighted by Crippen LogP contribution is -2.30. The van der Waals surface area contributed by atoms with E-state index in [0.29, 0.717) is 19.3 Å². The number of carbonyl (C=O) groups excluding carboxylic acids is 3. The highest BCUT2D eigenvalue weighted by Crippen LogP contribution is 2.17. The lowest BCUT2D eigenvalue weighted by atomic mass is 10.0. The van der Waals surface area contributed by atoms with E-state index in [0.717, 1.165) is 70.1 Å². The molecule has 0 saturated heterocycles. The molecule has 0 amide bonds. The minimum absolute atomic E-state index is 0.0635. The van der Waals surface area contributed by atoms with Crippen molar-refractivity contribution >= 4 is 17.9 Å². The lowest BCUT2D eigenvalue weighted by Gasteiger charge is -2.18. The first-order valence-corrected chi connectivity index (χ1v) is 26.9. The Labute approximate surface area is 374 Å². The maximum absolute atomic E-state index is 12.7. The Bertz CT molecular complexity index is 903. The van der Waals surface area contributed by atoms with Crippen molar-refractivity contribution < 1.29 is 28.6 Å². The van der Waals surface area contributed by atoms with Crippen LogP contribution in [0.25, 0.3) is 0 Å². The minimum atomic E-state index is -0.759. The van der Waals surface area contributed by atoms with Crippen molar-refractivity contribution in [2.24, 2.45) is 5.92 Å². The third-order valence-corrected chi connectivity index (χ3v) is 12.3. The molecule has 0 fully saturated rings. The molecule has 0 bridgehead atoms. The van der Waals surface area contributed by atoms with Crippen LogP contribution in [0.15, 0.2) is 0 Å². The van der Waals surface area contributed by atoms with Gasteiger partial charge in [0.2, 0.25) is 0 Å². The SMILES string of the molecule is CCCCCCCCCCCCCCCCCCCCC(=O)OC[C@@H](COC(=O)CCCCCCC)OC(=O)CCCCCCCCCCCCCCCCCCC(C)C. The van der Waals surface area contributed by atoms with Gasteiger partial charge in [0, 0.05) is 19.3 Å². The molecule has 0 unspecified atom stereocenters. The predicted octanol–water partition coefficient (Wildman–Crippen LogP) is 17.5. The minimum Gasteiger partial charge on any atom is -0.462 e. The number of hydrogen-bond donors (Lipinski definition) is 0. The second-order valence-electron chi connectivity index (χ2n) is 19.0. The van der Waals surface area contributed by atoms with Gasteiger partial charge in [0.15, 0.2) is 6.10 Å². The molecular weight excluding hydrogens is 745 g/mol. The molecule has 6 nitrogen and oxygen atoms in total. The van der Waals surface area contributed by atoms with E-state index in [4.69, 9.17) is 14.2 Å². The Balaban J connectivity index is 4.07. The Morgan fingerprint density at radius 2 is 0.550 bits per heavy atom. The van der Waals surface area contributed by atoms with Gasteiger partial charge in [0.05, 0.1) is 0 Å². The van der Waals surface area contributed by atoms with Crippen LogP contribution >= 0.6 is 0 Å². The van der Waals surface area contributed by atoms with Gasteiger partial charge < -0.3 is 14.2 Å². The second-order valence-corrected chi connectivity index (χ2v) is 19.0. The summed E-state index contributed by atoms with van der Waals surface area (Å²) in [5.74, 6) is -0.00478. The molecule has 0 spiro atoms. The summed E-state index contributed by atoms with van der Waals surface area (Å²) in [4.78, 5) is 37.7. The Hall–Kier alpha value is -1.59. The van der Waals surface area contributed by atoms with Gasteiger partial charge >= 0.3 is 17.9 Å². The number of rotatable bonds is 49. The molecule has 356 valence electrons. The zero-order chi connectivity index (χ0) is 43.8. The smallest absolute Gasteiger partial charge is 0.306 e. The largest absolute Gasteiger partial charge is 0.462 e. The van der Waals surface area contributed by atoms with E-state index in [-0.39, 0.29) is 31.1 Å². The molecule has 0 aliphatic heterocycles. The van der Waals surface area contributed by atoms with Gasteiger partial charge in [-0.2, -0.15) is 0 Å². The van der Waals surface area contributed by atoms with E-state index in [1.165, 1.54) is 193 Å². The zero-order valence-electron chi connectivity index (χ0n) is 40.9. The van der Waals surface area contributed by atoms with Gasteiger partial charge in [-0.1, -0.05) is 265 Å². The summed E-state index contributed by atoms with van der Waals surface area (Å²) in [6, 6.07) is 0.